The van der Waals surface area contributed by atoms with Crippen molar-refractivity contribution in [2.45, 2.75) is 12.6 Å². The average molecular weight is 402 g/mol. The van der Waals surface area contributed by atoms with Crippen LogP contribution in [-0.4, -0.2) is 30.0 Å². The van der Waals surface area contributed by atoms with Crippen molar-refractivity contribution in [1.82, 2.24) is 10.2 Å². The molecule has 148 valence electrons. The van der Waals surface area contributed by atoms with E-state index in [2.05, 4.69) is 10.6 Å². The van der Waals surface area contributed by atoms with E-state index in [4.69, 9.17) is 10.00 Å². The lowest BCUT2D eigenvalue weighted by molar-refractivity contribution is -0.122. The number of anilines is 1. The Labute approximate surface area is 162 Å². The molecule has 0 unspecified atom stereocenters. The predicted molar refractivity (Wildman–Crippen MR) is 93.3 cm³/mol. The van der Waals surface area contributed by atoms with E-state index in [1.807, 2.05) is 6.07 Å². The third-order valence-corrected chi connectivity index (χ3v) is 4.72. The molecule has 4 rings (SSSR count). The van der Waals surface area contributed by atoms with Gasteiger partial charge in [0.1, 0.15) is 24.7 Å². The summed E-state index contributed by atoms with van der Waals surface area (Å²) < 4.78 is 47.0. The maximum absolute atomic E-state index is 14.3. The van der Waals surface area contributed by atoms with Crippen LogP contribution in [0.4, 0.5) is 23.7 Å². The van der Waals surface area contributed by atoms with Crippen LogP contribution in [0.2, 0.25) is 0 Å². The first kappa shape index (κ1) is 18.6. The Morgan fingerprint density at radius 1 is 1.31 bits per heavy atom. The fourth-order valence-corrected chi connectivity index (χ4v) is 3.35. The number of halogens is 3. The molecule has 10 heteroatoms. The number of ether oxygens (including phenoxy) is 1. The molecule has 0 saturated heterocycles. The summed E-state index contributed by atoms with van der Waals surface area (Å²) in [7, 11) is 0. The highest BCUT2D eigenvalue weighted by Gasteiger charge is 2.32. The summed E-state index contributed by atoms with van der Waals surface area (Å²) in [6, 6.07) is 4.92. The Bertz CT molecular complexity index is 1080. The number of nitriles is 1. The van der Waals surface area contributed by atoms with Crippen molar-refractivity contribution in [2.75, 3.05) is 18.5 Å². The number of nitrogens with one attached hydrogen (secondary N) is 2. The van der Waals surface area contributed by atoms with Gasteiger partial charge in [-0.1, -0.05) is 0 Å². The molecule has 0 bridgehead atoms. The molecule has 2 aliphatic heterocycles. The van der Waals surface area contributed by atoms with Crippen molar-refractivity contribution in [3.8, 4) is 11.8 Å². The molecule has 2 N–H and O–H groups in total. The zero-order valence-corrected chi connectivity index (χ0v) is 14.8. The number of benzene rings is 2. The van der Waals surface area contributed by atoms with Crippen LogP contribution in [0.25, 0.3) is 0 Å². The minimum Gasteiger partial charge on any atom is -0.491 e. The molecule has 0 spiro atoms. The first-order chi connectivity index (χ1) is 13.9. The van der Waals surface area contributed by atoms with Gasteiger partial charge in [0.05, 0.1) is 35.5 Å². The molecule has 0 saturated carbocycles. The van der Waals surface area contributed by atoms with Gasteiger partial charge in [-0.15, -0.1) is 0 Å². The van der Waals surface area contributed by atoms with E-state index in [1.54, 1.807) is 0 Å². The SMILES string of the molecule is N#Cc1cc(F)c2c(c1)OC[C@@H]2NC(=O)CN1Cc2c(ccc(F)c2F)NC1=O. The van der Waals surface area contributed by atoms with E-state index in [0.29, 0.717) is 0 Å². The van der Waals surface area contributed by atoms with Gasteiger partial charge in [-0.3, -0.25) is 4.79 Å². The van der Waals surface area contributed by atoms with Gasteiger partial charge in [0.25, 0.3) is 0 Å². The molecule has 0 aromatic heterocycles. The highest BCUT2D eigenvalue weighted by Crippen LogP contribution is 2.35. The predicted octanol–water partition coefficient (Wildman–Crippen LogP) is 2.57. The first-order valence-corrected chi connectivity index (χ1v) is 8.56. The smallest absolute Gasteiger partial charge is 0.322 e. The van der Waals surface area contributed by atoms with Gasteiger partial charge in [-0.05, 0) is 24.3 Å². The van der Waals surface area contributed by atoms with Crippen LogP contribution in [-0.2, 0) is 11.3 Å². The molecule has 3 amide bonds. The van der Waals surface area contributed by atoms with E-state index in [0.717, 1.165) is 17.0 Å². The number of urea groups is 1. The molecule has 2 aromatic carbocycles. The second kappa shape index (κ2) is 7.01. The minimum atomic E-state index is -1.10. The van der Waals surface area contributed by atoms with E-state index in [-0.39, 0.29) is 41.3 Å². The molecule has 0 fully saturated rings. The summed E-state index contributed by atoms with van der Waals surface area (Å²) in [5.74, 6) is -3.32. The molecule has 2 heterocycles. The van der Waals surface area contributed by atoms with Crippen LogP contribution in [0.1, 0.15) is 22.7 Å². The van der Waals surface area contributed by atoms with Gasteiger partial charge in [-0.25, -0.2) is 18.0 Å². The maximum Gasteiger partial charge on any atom is 0.322 e. The van der Waals surface area contributed by atoms with E-state index < -0.39 is 42.0 Å². The van der Waals surface area contributed by atoms with Gasteiger partial charge in [0, 0.05) is 5.56 Å². The Morgan fingerprint density at radius 2 is 2.10 bits per heavy atom. The summed E-state index contributed by atoms with van der Waals surface area (Å²) >= 11 is 0. The normalized spacial score (nSPS) is 17.0. The van der Waals surface area contributed by atoms with Gasteiger partial charge < -0.3 is 20.3 Å². The summed E-state index contributed by atoms with van der Waals surface area (Å²) in [6.45, 7) is -0.789. The number of carbonyl (C=O) groups is 2. The Hall–Kier alpha value is -3.74. The zero-order chi connectivity index (χ0) is 20.7. The standard InChI is InChI=1S/C19H13F3N4O3/c20-11-1-2-13-10(18(11)22)6-26(19(28)25-13)7-16(27)24-14-8-29-15-4-9(5-23)3-12(21)17(14)15/h1-4,14H,6-8H2,(H,24,27)(H,25,28)/t14-/m0/s1. The molecule has 2 aliphatic rings. The van der Waals surface area contributed by atoms with E-state index in [1.165, 1.54) is 12.1 Å². The molecule has 0 aliphatic carbocycles. The highest BCUT2D eigenvalue weighted by atomic mass is 19.2. The van der Waals surface area contributed by atoms with Gasteiger partial charge in [0.15, 0.2) is 11.6 Å². The van der Waals surface area contributed by atoms with Crippen LogP contribution >= 0.6 is 0 Å². The number of nitrogens with zero attached hydrogens (tertiary/aromatic N) is 2. The van der Waals surface area contributed by atoms with Crippen molar-refractivity contribution >= 4 is 17.6 Å². The third kappa shape index (κ3) is 3.31. The topological polar surface area (TPSA) is 94.5 Å². The summed E-state index contributed by atoms with van der Waals surface area (Å²) in [5.41, 5.74) is 0.270. The quantitative estimate of drug-likeness (QED) is 0.825. The number of hydrogen-bond donors (Lipinski definition) is 2. The largest absolute Gasteiger partial charge is 0.491 e. The molecule has 29 heavy (non-hydrogen) atoms. The van der Waals surface area contributed by atoms with Crippen LogP contribution < -0.4 is 15.4 Å². The number of fused-ring (bicyclic) bond motifs is 2. The van der Waals surface area contributed by atoms with Crippen molar-refractivity contribution < 1.29 is 27.5 Å². The first-order valence-electron chi connectivity index (χ1n) is 8.56. The highest BCUT2D eigenvalue weighted by molar-refractivity contribution is 5.95. The van der Waals surface area contributed by atoms with Gasteiger partial charge in [0.2, 0.25) is 5.91 Å². The second-order valence-corrected chi connectivity index (χ2v) is 6.59. The van der Waals surface area contributed by atoms with Crippen molar-refractivity contribution in [3.05, 3.63) is 58.4 Å². The lowest BCUT2D eigenvalue weighted by atomic mass is 10.1. The van der Waals surface area contributed by atoms with E-state index >= 15 is 0 Å². The molecule has 2 aromatic rings. The third-order valence-electron chi connectivity index (χ3n) is 4.72. The van der Waals surface area contributed by atoms with Crippen LogP contribution in [0.5, 0.6) is 5.75 Å². The molecular formula is C19H13F3N4O3. The van der Waals surface area contributed by atoms with Crippen molar-refractivity contribution in [1.29, 1.82) is 5.26 Å². The lowest BCUT2D eigenvalue weighted by Crippen LogP contribution is -2.45. The fourth-order valence-electron chi connectivity index (χ4n) is 3.35. The minimum absolute atomic E-state index is 0.0399. The molecule has 7 nitrogen and oxygen atoms in total. The van der Waals surface area contributed by atoms with Crippen molar-refractivity contribution in [3.63, 3.8) is 0 Å². The van der Waals surface area contributed by atoms with Gasteiger partial charge >= 0.3 is 6.03 Å². The monoisotopic (exact) mass is 402 g/mol. The summed E-state index contributed by atoms with van der Waals surface area (Å²) in [4.78, 5) is 25.5. The number of hydrogen-bond acceptors (Lipinski definition) is 4. The zero-order valence-electron chi connectivity index (χ0n) is 14.8. The molecule has 0 radical (unpaired) electrons. The van der Waals surface area contributed by atoms with Crippen LogP contribution in [0.3, 0.4) is 0 Å². The second-order valence-electron chi connectivity index (χ2n) is 6.59. The molecular weight excluding hydrogens is 389 g/mol. The van der Waals surface area contributed by atoms with E-state index in [9.17, 15) is 22.8 Å². The van der Waals surface area contributed by atoms with Crippen molar-refractivity contribution in [2.24, 2.45) is 0 Å². The lowest BCUT2D eigenvalue weighted by Gasteiger charge is -2.29. The van der Waals surface area contributed by atoms with Crippen LogP contribution in [0.15, 0.2) is 24.3 Å². The number of rotatable bonds is 3. The Balaban J connectivity index is 1.47. The Morgan fingerprint density at radius 3 is 2.86 bits per heavy atom. The molecule has 1 atom stereocenters. The Kier molecular flexibility index (Phi) is 4.50. The summed E-state index contributed by atoms with van der Waals surface area (Å²) in [6.07, 6.45) is 0. The van der Waals surface area contributed by atoms with Gasteiger partial charge in [-0.2, -0.15) is 5.26 Å². The van der Waals surface area contributed by atoms with Crippen LogP contribution in [0, 0.1) is 28.8 Å². The fraction of sp³-hybridized carbons (Fsp3) is 0.211. The summed E-state index contributed by atoms with van der Waals surface area (Å²) in [5, 5.41) is 13.8. The number of amides is 3. The number of carbonyl (C=O) groups excluding carboxylic acids is 2. The average Bonchev–Trinajstić information content (AvgIpc) is 3.09. The maximum atomic E-state index is 14.3.